The second kappa shape index (κ2) is 5.87. The minimum atomic E-state index is -3.77. The number of rotatable bonds is 4. The number of benzene rings is 2. The van der Waals surface area contributed by atoms with E-state index in [0.29, 0.717) is 4.47 Å². The Bertz CT molecular complexity index is 790. The monoisotopic (exact) mass is 368 g/mol. The van der Waals surface area contributed by atoms with Gasteiger partial charge in [0.1, 0.15) is 0 Å². The zero-order valence-electron chi connectivity index (χ0n) is 11.2. The van der Waals surface area contributed by atoms with E-state index < -0.39 is 15.9 Å². The molecule has 110 valence electrons. The molecule has 0 aliphatic carbocycles. The van der Waals surface area contributed by atoms with Gasteiger partial charge in [0.05, 0.1) is 16.1 Å². The second-order valence-corrected chi connectivity index (χ2v) is 7.20. The molecule has 0 aliphatic rings. The quantitative estimate of drug-likeness (QED) is 0.899. The number of amides is 1. The molecular weight excluding hydrogens is 356 g/mol. The molecule has 0 aliphatic heterocycles. The molecule has 0 atom stereocenters. The number of para-hydroxylation sites is 1. The molecule has 7 heteroatoms. The number of hydrogen-bond acceptors (Lipinski definition) is 3. The fourth-order valence-corrected chi connectivity index (χ4v) is 3.68. The van der Waals surface area contributed by atoms with Crippen molar-refractivity contribution >= 4 is 37.5 Å². The van der Waals surface area contributed by atoms with Gasteiger partial charge in [0, 0.05) is 11.5 Å². The highest BCUT2D eigenvalue weighted by atomic mass is 79.9. The van der Waals surface area contributed by atoms with Crippen molar-refractivity contribution in [2.45, 2.75) is 4.90 Å². The smallest absolute Gasteiger partial charge is 0.264 e. The average molecular weight is 369 g/mol. The van der Waals surface area contributed by atoms with Crippen LogP contribution in [0.25, 0.3) is 0 Å². The van der Waals surface area contributed by atoms with Gasteiger partial charge in [-0.3, -0.25) is 9.10 Å². The van der Waals surface area contributed by atoms with E-state index >= 15 is 0 Å². The number of hydrogen-bond donors (Lipinski definition) is 1. The topological polar surface area (TPSA) is 80.5 Å². The van der Waals surface area contributed by atoms with Crippen LogP contribution in [-0.4, -0.2) is 21.4 Å². The third-order valence-electron chi connectivity index (χ3n) is 2.96. The molecule has 0 radical (unpaired) electrons. The zero-order valence-corrected chi connectivity index (χ0v) is 13.6. The Labute approximate surface area is 131 Å². The van der Waals surface area contributed by atoms with Crippen molar-refractivity contribution in [2.24, 2.45) is 5.73 Å². The van der Waals surface area contributed by atoms with Gasteiger partial charge < -0.3 is 5.73 Å². The highest BCUT2D eigenvalue weighted by Crippen LogP contribution is 2.26. The molecule has 0 heterocycles. The van der Waals surface area contributed by atoms with Gasteiger partial charge in [0.25, 0.3) is 15.9 Å². The predicted octanol–water partition coefficient (Wildman–Crippen LogP) is 2.37. The van der Waals surface area contributed by atoms with Crippen molar-refractivity contribution in [3.05, 3.63) is 58.6 Å². The number of carbonyl (C=O) groups excluding carboxylic acids is 1. The van der Waals surface area contributed by atoms with Crippen LogP contribution in [0.3, 0.4) is 0 Å². The fraction of sp³-hybridized carbons (Fsp3) is 0.0714. The molecule has 2 aromatic carbocycles. The minimum absolute atomic E-state index is 0.124. The lowest BCUT2D eigenvalue weighted by molar-refractivity contribution is 0.100. The fourth-order valence-electron chi connectivity index (χ4n) is 1.87. The molecule has 0 spiro atoms. The largest absolute Gasteiger partial charge is 0.366 e. The minimum Gasteiger partial charge on any atom is -0.366 e. The summed E-state index contributed by atoms with van der Waals surface area (Å²) in [4.78, 5) is 11.6. The molecule has 0 saturated heterocycles. The highest BCUT2D eigenvalue weighted by Gasteiger charge is 2.24. The normalized spacial score (nSPS) is 11.1. The van der Waals surface area contributed by atoms with Gasteiger partial charge >= 0.3 is 0 Å². The maximum absolute atomic E-state index is 12.6. The van der Waals surface area contributed by atoms with Crippen LogP contribution in [0.4, 0.5) is 5.69 Å². The SMILES string of the molecule is CN(c1ccccc1C(N)=O)S(=O)(=O)c1cccc(Br)c1. The van der Waals surface area contributed by atoms with E-state index in [2.05, 4.69) is 15.9 Å². The molecule has 0 bridgehead atoms. The average Bonchev–Trinajstić information content (AvgIpc) is 2.46. The van der Waals surface area contributed by atoms with Crippen LogP contribution in [0.15, 0.2) is 57.9 Å². The van der Waals surface area contributed by atoms with Gasteiger partial charge in [-0.1, -0.05) is 34.1 Å². The Kier molecular flexibility index (Phi) is 4.34. The van der Waals surface area contributed by atoms with Crippen molar-refractivity contribution in [1.29, 1.82) is 0 Å². The Morgan fingerprint density at radius 3 is 2.43 bits per heavy atom. The van der Waals surface area contributed by atoms with Gasteiger partial charge in [0.2, 0.25) is 0 Å². The van der Waals surface area contributed by atoms with Gasteiger partial charge in [-0.25, -0.2) is 8.42 Å². The molecule has 0 saturated carbocycles. The van der Waals surface area contributed by atoms with Gasteiger partial charge in [-0.05, 0) is 30.3 Å². The Morgan fingerprint density at radius 1 is 1.14 bits per heavy atom. The third-order valence-corrected chi connectivity index (χ3v) is 5.22. The Hall–Kier alpha value is -1.86. The number of halogens is 1. The number of carbonyl (C=O) groups is 1. The number of sulfonamides is 1. The molecular formula is C14H13BrN2O3S. The van der Waals surface area contributed by atoms with Crippen LogP contribution < -0.4 is 10.0 Å². The van der Waals surface area contributed by atoms with Crippen molar-refractivity contribution in [2.75, 3.05) is 11.4 Å². The molecule has 2 N–H and O–H groups in total. The third kappa shape index (κ3) is 3.08. The standard InChI is InChI=1S/C14H13BrN2O3S/c1-17(13-8-3-2-7-12(13)14(16)18)21(19,20)11-6-4-5-10(15)9-11/h2-9H,1H3,(H2,16,18). The van der Waals surface area contributed by atoms with Crippen molar-refractivity contribution in [1.82, 2.24) is 0 Å². The second-order valence-electron chi connectivity index (χ2n) is 4.31. The summed E-state index contributed by atoms with van der Waals surface area (Å²) in [6.45, 7) is 0. The predicted molar refractivity (Wildman–Crippen MR) is 84.7 cm³/mol. The van der Waals surface area contributed by atoms with E-state index in [1.54, 1.807) is 24.3 Å². The molecule has 5 nitrogen and oxygen atoms in total. The van der Waals surface area contributed by atoms with Crippen molar-refractivity contribution in [3.63, 3.8) is 0 Å². The first-order valence-corrected chi connectivity index (χ1v) is 8.20. The number of nitrogens with zero attached hydrogens (tertiary/aromatic N) is 1. The van der Waals surface area contributed by atoms with Crippen LogP contribution in [0.5, 0.6) is 0 Å². The van der Waals surface area contributed by atoms with Gasteiger partial charge in [-0.2, -0.15) is 0 Å². The summed E-state index contributed by atoms with van der Waals surface area (Å²) < 4.78 is 26.9. The first-order valence-electron chi connectivity index (χ1n) is 5.97. The van der Waals surface area contributed by atoms with E-state index in [-0.39, 0.29) is 16.1 Å². The lowest BCUT2D eigenvalue weighted by atomic mass is 10.2. The molecule has 1 amide bonds. The lowest BCUT2D eigenvalue weighted by Gasteiger charge is -2.21. The molecule has 21 heavy (non-hydrogen) atoms. The molecule has 0 fully saturated rings. The number of nitrogens with two attached hydrogens (primary N) is 1. The summed E-state index contributed by atoms with van der Waals surface area (Å²) >= 11 is 3.24. The van der Waals surface area contributed by atoms with E-state index in [4.69, 9.17) is 5.73 Å². The number of primary amides is 1. The van der Waals surface area contributed by atoms with Crippen LogP contribution in [0, 0.1) is 0 Å². The summed E-state index contributed by atoms with van der Waals surface area (Å²) in [7, 11) is -2.39. The summed E-state index contributed by atoms with van der Waals surface area (Å²) in [6, 6.07) is 12.7. The summed E-state index contributed by atoms with van der Waals surface area (Å²) in [5.41, 5.74) is 5.68. The first-order chi connectivity index (χ1) is 9.84. The highest BCUT2D eigenvalue weighted by molar-refractivity contribution is 9.10. The molecule has 2 aromatic rings. The molecule has 2 rings (SSSR count). The molecule has 0 aromatic heterocycles. The van der Waals surface area contributed by atoms with Crippen LogP contribution in [0.1, 0.15) is 10.4 Å². The number of anilines is 1. The van der Waals surface area contributed by atoms with E-state index in [1.807, 2.05) is 0 Å². The lowest BCUT2D eigenvalue weighted by Crippen LogP contribution is -2.29. The maximum Gasteiger partial charge on any atom is 0.264 e. The molecule has 0 unspecified atom stereocenters. The zero-order chi connectivity index (χ0) is 15.6. The van der Waals surface area contributed by atoms with Gasteiger partial charge in [-0.15, -0.1) is 0 Å². The summed E-state index contributed by atoms with van der Waals surface area (Å²) in [5.74, 6) is -0.679. The Morgan fingerprint density at radius 2 is 1.81 bits per heavy atom. The van der Waals surface area contributed by atoms with Crippen molar-refractivity contribution in [3.8, 4) is 0 Å². The van der Waals surface area contributed by atoms with E-state index in [1.165, 1.54) is 31.3 Å². The first kappa shape index (κ1) is 15.5. The van der Waals surface area contributed by atoms with Crippen LogP contribution >= 0.6 is 15.9 Å². The summed E-state index contributed by atoms with van der Waals surface area (Å²) in [6.07, 6.45) is 0. The summed E-state index contributed by atoms with van der Waals surface area (Å²) in [5, 5.41) is 0. The van der Waals surface area contributed by atoms with Crippen molar-refractivity contribution < 1.29 is 13.2 Å². The maximum atomic E-state index is 12.6. The van der Waals surface area contributed by atoms with Crippen LogP contribution in [0.2, 0.25) is 0 Å². The van der Waals surface area contributed by atoms with E-state index in [9.17, 15) is 13.2 Å². The van der Waals surface area contributed by atoms with Gasteiger partial charge in [0.15, 0.2) is 0 Å². The van der Waals surface area contributed by atoms with E-state index in [0.717, 1.165) is 4.31 Å². The Balaban J connectivity index is 2.54. The van der Waals surface area contributed by atoms with Crippen LogP contribution in [-0.2, 0) is 10.0 Å².